The van der Waals surface area contributed by atoms with Crippen LogP contribution in [0, 0.1) is 0 Å². The monoisotopic (exact) mass is 478 g/mol. The van der Waals surface area contributed by atoms with Gasteiger partial charge in [-0.25, -0.2) is 4.98 Å². The van der Waals surface area contributed by atoms with Crippen molar-refractivity contribution in [1.29, 1.82) is 0 Å². The summed E-state index contributed by atoms with van der Waals surface area (Å²) in [6.45, 7) is 0.381. The molecule has 0 fully saturated rings. The lowest BCUT2D eigenvalue weighted by molar-refractivity contribution is -0.137. The number of halogens is 4. The van der Waals surface area contributed by atoms with E-state index in [4.69, 9.17) is 4.84 Å². The second-order valence-corrected chi connectivity index (χ2v) is 7.96. The number of hydrogen-bond acceptors (Lipinski definition) is 4. The molecule has 9 heteroatoms. The SMILES string of the molecule is Cn1cnc(-c2cc([C@H]3CC(Br)=NO3)ccc2NCc2ccc(C(F)(F)F)cc2)c1. The van der Waals surface area contributed by atoms with Crippen molar-refractivity contribution in [2.45, 2.75) is 25.2 Å². The number of alkyl halides is 3. The second kappa shape index (κ2) is 8.14. The van der Waals surface area contributed by atoms with E-state index < -0.39 is 11.7 Å². The van der Waals surface area contributed by atoms with Crippen LogP contribution in [0.5, 0.6) is 0 Å². The largest absolute Gasteiger partial charge is 0.416 e. The number of nitrogens with zero attached hydrogens (tertiary/aromatic N) is 3. The standard InChI is InChI=1S/C21H18BrF3N4O/c1-29-11-18(27-12-29)16-8-14(19-9-20(22)28-30-19)4-7-17(16)26-10-13-2-5-15(6-3-13)21(23,24)25/h2-8,11-12,19,26H,9-10H2,1H3/t19-/m1/s1. The molecule has 0 unspecified atom stereocenters. The van der Waals surface area contributed by atoms with Crippen LogP contribution >= 0.6 is 15.9 Å². The van der Waals surface area contributed by atoms with Crippen LogP contribution in [0.15, 0.2) is 60.1 Å². The summed E-state index contributed by atoms with van der Waals surface area (Å²) in [6, 6.07) is 11.0. The fourth-order valence-electron chi connectivity index (χ4n) is 3.22. The Labute approximate surface area is 179 Å². The highest BCUT2D eigenvalue weighted by Gasteiger charge is 2.30. The van der Waals surface area contributed by atoms with E-state index in [1.54, 1.807) is 6.33 Å². The maximum absolute atomic E-state index is 12.8. The Morgan fingerprint density at radius 2 is 1.97 bits per heavy atom. The van der Waals surface area contributed by atoms with Crippen molar-refractivity contribution in [3.63, 3.8) is 0 Å². The quantitative estimate of drug-likeness (QED) is 0.497. The van der Waals surface area contributed by atoms with Gasteiger partial charge in [0.25, 0.3) is 0 Å². The molecule has 2 aromatic carbocycles. The van der Waals surface area contributed by atoms with Gasteiger partial charge in [-0.3, -0.25) is 0 Å². The number of oxime groups is 1. The summed E-state index contributed by atoms with van der Waals surface area (Å²) in [5, 5.41) is 7.25. The minimum atomic E-state index is -4.34. The molecule has 2 heterocycles. The van der Waals surface area contributed by atoms with Crippen LogP contribution in [0.3, 0.4) is 0 Å². The van der Waals surface area contributed by atoms with Crippen LogP contribution in [-0.4, -0.2) is 14.2 Å². The third-order valence-corrected chi connectivity index (χ3v) is 5.26. The molecule has 1 aliphatic heterocycles. The summed E-state index contributed by atoms with van der Waals surface area (Å²) in [6.07, 6.45) is -0.238. The predicted molar refractivity (Wildman–Crippen MR) is 112 cm³/mol. The van der Waals surface area contributed by atoms with Gasteiger partial charge in [0.05, 0.1) is 17.6 Å². The van der Waals surface area contributed by atoms with E-state index in [-0.39, 0.29) is 6.10 Å². The normalized spacial score (nSPS) is 16.3. The first-order valence-electron chi connectivity index (χ1n) is 9.20. The minimum Gasteiger partial charge on any atom is -0.386 e. The van der Waals surface area contributed by atoms with Crippen LogP contribution in [0.4, 0.5) is 18.9 Å². The first-order chi connectivity index (χ1) is 14.3. The number of benzene rings is 2. The topological polar surface area (TPSA) is 51.4 Å². The lowest BCUT2D eigenvalue weighted by atomic mass is 10.0. The highest BCUT2D eigenvalue weighted by Crippen LogP contribution is 2.35. The Hall–Kier alpha value is -2.81. The number of nitrogens with one attached hydrogen (secondary N) is 1. The molecule has 1 N–H and O–H groups in total. The Kier molecular flexibility index (Phi) is 5.55. The van der Waals surface area contributed by atoms with Crippen molar-refractivity contribution in [3.8, 4) is 11.3 Å². The minimum absolute atomic E-state index is 0.175. The van der Waals surface area contributed by atoms with Gasteiger partial charge in [0.1, 0.15) is 4.62 Å². The zero-order valence-corrected chi connectivity index (χ0v) is 17.5. The van der Waals surface area contributed by atoms with Gasteiger partial charge in [-0.15, -0.1) is 0 Å². The Balaban J connectivity index is 1.57. The van der Waals surface area contributed by atoms with Gasteiger partial charge in [-0.05, 0) is 51.3 Å². The van der Waals surface area contributed by atoms with Crippen LogP contribution in [0.25, 0.3) is 11.3 Å². The number of anilines is 1. The predicted octanol–water partition coefficient (Wildman–Crippen LogP) is 5.89. The highest BCUT2D eigenvalue weighted by molar-refractivity contribution is 9.18. The summed E-state index contributed by atoms with van der Waals surface area (Å²) in [7, 11) is 1.89. The maximum atomic E-state index is 12.8. The smallest absolute Gasteiger partial charge is 0.386 e. The van der Waals surface area contributed by atoms with Gasteiger partial charge in [-0.1, -0.05) is 23.4 Å². The molecule has 0 aliphatic carbocycles. The fraction of sp³-hybridized carbons (Fsp3) is 0.238. The zero-order chi connectivity index (χ0) is 21.3. The summed E-state index contributed by atoms with van der Waals surface area (Å²) in [4.78, 5) is 9.90. The molecule has 1 atom stereocenters. The molecule has 0 saturated heterocycles. The summed E-state index contributed by atoms with van der Waals surface area (Å²) in [5.74, 6) is 0. The van der Waals surface area contributed by atoms with Gasteiger partial charge in [0.2, 0.25) is 0 Å². The number of hydrogen-bond donors (Lipinski definition) is 1. The summed E-state index contributed by atoms with van der Waals surface area (Å²) >= 11 is 3.35. The van der Waals surface area contributed by atoms with E-state index in [1.807, 2.05) is 36.0 Å². The molecule has 156 valence electrons. The third-order valence-electron chi connectivity index (χ3n) is 4.79. The van der Waals surface area contributed by atoms with Crippen molar-refractivity contribution in [2.24, 2.45) is 12.2 Å². The molecule has 0 amide bonds. The van der Waals surface area contributed by atoms with Crippen LogP contribution in [0.2, 0.25) is 0 Å². The van der Waals surface area contributed by atoms with Gasteiger partial charge < -0.3 is 14.7 Å². The number of rotatable bonds is 5. The summed E-state index contributed by atoms with van der Waals surface area (Å²) in [5.41, 5.74) is 3.55. The van der Waals surface area contributed by atoms with Crippen molar-refractivity contribution in [3.05, 3.63) is 71.7 Å². The lowest BCUT2D eigenvalue weighted by Crippen LogP contribution is -2.06. The molecule has 1 aliphatic rings. The van der Waals surface area contributed by atoms with E-state index in [0.717, 1.165) is 44.8 Å². The molecule has 0 radical (unpaired) electrons. The van der Waals surface area contributed by atoms with Gasteiger partial charge in [0, 0.05) is 37.5 Å². The number of imidazole rings is 1. The van der Waals surface area contributed by atoms with E-state index in [0.29, 0.717) is 13.0 Å². The average molecular weight is 479 g/mol. The summed E-state index contributed by atoms with van der Waals surface area (Å²) < 4.78 is 40.9. The molecule has 4 rings (SSSR count). The Morgan fingerprint density at radius 1 is 1.20 bits per heavy atom. The lowest BCUT2D eigenvalue weighted by Gasteiger charge is -2.15. The second-order valence-electron chi connectivity index (χ2n) is 7.04. The molecule has 1 aromatic heterocycles. The van der Waals surface area contributed by atoms with Crippen LogP contribution in [0.1, 0.15) is 29.2 Å². The zero-order valence-electron chi connectivity index (χ0n) is 15.9. The van der Waals surface area contributed by atoms with E-state index >= 15 is 0 Å². The van der Waals surface area contributed by atoms with Crippen LogP contribution < -0.4 is 5.32 Å². The molecule has 0 bridgehead atoms. The molecule has 5 nitrogen and oxygen atoms in total. The molecular weight excluding hydrogens is 461 g/mol. The highest BCUT2D eigenvalue weighted by atomic mass is 79.9. The first-order valence-corrected chi connectivity index (χ1v) is 9.99. The number of aryl methyl sites for hydroxylation is 1. The maximum Gasteiger partial charge on any atom is 0.416 e. The van der Waals surface area contributed by atoms with Crippen LogP contribution in [-0.2, 0) is 24.6 Å². The molecule has 3 aromatic rings. The van der Waals surface area contributed by atoms with E-state index in [9.17, 15) is 13.2 Å². The average Bonchev–Trinajstić information content (AvgIpc) is 3.34. The van der Waals surface area contributed by atoms with Gasteiger partial charge >= 0.3 is 6.18 Å². The van der Waals surface area contributed by atoms with Crippen molar-refractivity contribution >= 4 is 26.2 Å². The van der Waals surface area contributed by atoms with E-state index in [2.05, 4.69) is 31.4 Å². The van der Waals surface area contributed by atoms with Crippen molar-refractivity contribution < 1.29 is 18.0 Å². The van der Waals surface area contributed by atoms with Crippen molar-refractivity contribution in [2.75, 3.05) is 5.32 Å². The third kappa shape index (κ3) is 4.51. The number of aromatic nitrogens is 2. The van der Waals surface area contributed by atoms with Crippen molar-refractivity contribution in [1.82, 2.24) is 9.55 Å². The van der Waals surface area contributed by atoms with E-state index in [1.165, 1.54) is 12.1 Å². The first kappa shape index (κ1) is 20.5. The van der Waals surface area contributed by atoms with Gasteiger partial charge in [0.15, 0.2) is 6.10 Å². The Bertz CT molecular complexity index is 1080. The molecular formula is C21H18BrF3N4O. The molecule has 30 heavy (non-hydrogen) atoms. The van der Waals surface area contributed by atoms with Gasteiger partial charge in [-0.2, -0.15) is 13.2 Å². The fourth-order valence-corrected chi connectivity index (χ4v) is 3.59. The Morgan fingerprint density at radius 3 is 2.57 bits per heavy atom. The molecule has 0 spiro atoms. The molecule has 0 saturated carbocycles.